The zero-order valence-electron chi connectivity index (χ0n) is 12.0. The second-order valence-electron chi connectivity index (χ2n) is 5.77. The van der Waals surface area contributed by atoms with Crippen molar-refractivity contribution in [3.8, 4) is 5.75 Å². The van der Waals surface area contributed by atoms with E-state index in [0.29, 0.717) is 5.92 Å². The van der Waals surface area contributed by atoms with Crippen LogP contribution in [-0.4, -0.2) is 13.2 Å². The fourth-order valence-corrected chi connectivity index (χ4v) is 1.52. The van der Waals surface area contributed by atoms with E-state index in [9.17, 15) is 8.78 Å². The topological polar surface area (TPSA) is 21.3 Å². The number of hydrogen-bond donors (Lipinski definition) is 1. The van der Waals surface area contributed by atoms with Crippen LogP contribution in [0.5, 0.6) is 5.75 Å². The minimum Gasteiger partial charge on any atom is -0.435 e. The van der Waals surface area contributed by atoms with Crippen molar-refractivity contribution < 1.29 is 13.5 Å². The van der Waals surface area contributed by atoms with Gasteiger partial charge in [-0.1, -0.05) is 39.8 Å². The van der Waals surface area contributed by atoms with E-state index in [1.807, 2.05) is 0 Å². The van der Waals surface area contributed by atoms with Gasteiger partial charge in [-0.25, -0.2) is 0 Å². The molecule has 0 saturated heterocycles. The summed E-state index contributed by atoms with van der Waals surface area (Å²) in [7, 11) is 0. The Morgan fingerprint density at radius 2 is 1.74 bits per heavy atom. The van der Waals surface area contributed by atoms with Crippen molar-refractivity contribution in [3.05, 3.63) is 29.8 Å². The summed E-state index contributed by atoms with van der Waals surface area (Å²) in [6, 6.07) is 6.73. The van der Waals surface area contributed by atoms with Crippen molar-refractivity contribution in [1.29, 1.82) is 0 Å². The first kappa shape index (κ1) is 15.9. The van der Waals surface area contributed by atoms with Crippen LogP contribution in [0.2, 0.25) is 0 Å². The normalized spacial score (nSPS) is 12.2. The first-order valence-corrected chi connectivity index (χ1v) is 6.56. The van der Waals surface area contributed by atoms with Crippen LogP contribution in [0, 0.1) is 11.3 Å². The maximum absolute atomic E-state index is 12.0. The number of nitrogens with one attached hydrogen (secondary N) is 1. The summed E-state index contributed by atoms with van der Waals surface area (Å²) in [6.45, 7) is 7.74. The van der Waals surface area contributed by atoms with Crippen LogP contribution < -0.4 is 10.1 Å². The average molecular weight is 271 g/mol. The predicted molar refractivity (Wildman–Crippen MR) is 73.4 cm³/mol. The largest absolute Gasteiger partial charge is 0.435 e. The number of benzene rings is 1. The Kier molecular flexibility index (Phi) is 5.73. The Morgan fingerprint density at radius 3 is 2.21 bits per heavy atom. The van der Waals surface area contributed by atoms with Crippen LogP contribution in [0.1, 0.15) is 33.3 Å². The molecule has 0 aliphatic carbocycles. The molecular weight excluding hydrogens is 248 g/mol. The number of ether oxygens (including phenoxy) is 1. The van der Waals surface area contributed by atoms with Gasteiger partial charge in [0.1, 0.15) is 5.75 Å². The molecule has 0 unspecified atom stereocenters. The lowest BCUT2D eigenvalue weighted by atomic mass is 9.81. The van der Waals surface area contributed by atoms with Crippen LogP contribution in [0.4, 0.5) is 8.78 Å². The second kappa shape index (κ2) is 6.85. The molecule has 0 aliphatic rings. The molecule has 0 radical (unpaired) electrons. The van der Waals surface area contributed by atoms with Gasteiger partial charge < -0.3 is 10.1 Å². The standard InChI is InChI=1S/C15H23F2NO/c1-11(2)15(3,4)10-18-9-12-5-7-13(8-6-12)19-14(16)17/h5-8,11,14,18H,9-10H2,1-4H3. The summed E-state index contributed by atoms with van der Waals surface area (Å²) in [5, 5.41) is 3.39. The Morgan fingerprint density at radius 1 is 1.16 bits per heavy atom. The van der Waals surface area contributed by atoms with E-state index in [1.54, 1.807) is 24.3 Å². The van der Waals surface area contributed by atoms with Crippen molar-refractivity contribution >= 4 is 0 Å². The highest BCUT2D eigenvalue weighted by molar-refractivity contribution is 5.27. The molecule has 19 heavy (non-hydrogen) atoms. The summed E-state index contributed by atoms with van der Waals surface area (Å²) in [6.07, 6.45) is 0. The third kappa shape index (κ3) is 5.55. The molecule has 0 spiro atoms. The average Bonchev–Trinajstić information content (AvgIpc) is 2.30. The van der Waals surface area contributed by atoms with Crippen molar-refractivity contribution in [1.82, 2.24) is 5.32 Å². The first-order chi connectivity index (χ1) is 8.81. The van der Waals surface area contributed by atoms with Gasteiger partial charge in [0.2, 0.25) is 0 Å². The molecule has 0 aliphatic heterocycles. The maximum atomic E-state index is 12.0. The van der Waals surface area contributed by atoms with Gasteiger partial charge in [-0.05, 0) is 29.0 Å². The van der Waals surface area contributed by atoms with E-state index in [4.69, 9.17) is 0 Å². The van der Waals surface area contributed by atoms with E-state index in [2.05, 4.69) is 37.7 Å². The molecule has 108 valence electrons. The summed E-state index contributed by atoms with van der Waals surface area (Å²) >= 11 is 0. The number of alkyl halides is 2. The third-order valence-corrected chi connectivity index (χ3v) is 3.62. The van der Waals surface area contributed by atoms with E-state index < -0.39 is 6.61 Å². The molecule has 1 rings (SSSR count). The minimum absolute atomic E-state index is 0.196. The Hall–Kier alpha value is -1.16. The zero-order valence-corrected chi connectivity index (χ0v) is 12.0. The van der Waals surface area contributed by atoms with Crippen LogP contribution in [-0.2, 0) is 6.54 Å². The molecule has 2 nitrogen and oxygen atoms in total. The molecule has 0 heterocycles. The van der Waals surface area contributed by atoms with Gasteiger partial charge in [0, 0.05) is 13.1 Å². The predicted octanol–water partition coefficient (Wildman–Crippen LogP) is 4.06. The number of rotatable bonds is 7. The van der Waals surface area contributed by atoms with E-state index >= 15 is 0 Å². The quantitative estimate of drug-likeness (QED) is 0.807. The van der Waals surface area contributed by atoms with Crippen LogP contribution >= 0.6 is 0 Å². The maximum Gasteiger partial charge on any atom is 0.387 e. The highest BCUT2D eigenvalue weighted by atomic mass is 19.3. The molecule has 1 N–H and O–H groups in total. The molecular formula is C15H23F2NO. The summed E-state index contributed by atoms with van der Waals surface area (Å²) < 4.78 is 28.3. The monoisotopic (exact) mass is 271 g/mol. The van der Waals surface area contributed by atoms with Gasteiger partial charge >= 0.3 is 6.61 Å². The molecule has 1 aromatic carbocycles. The van der Waals surface area contributed by atoms with Gasteiger partial charge in [0.15, 0.2) is 0 Å². The number of halogens is 2. The Balaban J connectivity index is 2.42. The lowest BCUT2D eigenvalue weighted by Crippen LogP contribution is -2.33. The number of hydrogen-bond acceptors (Lipinski definition) is 2. The van der Waals surface area contributed by atoms with Gasteiger partial charge in [0.05, 0.1) is 0 Å². The molecule has 0 bridgehead atoms. The summed E-state index contributed by atoms with van der Waals surface area (Å²) in [5.41, 5.74) is 1.29. The molecule has 0 fully saturated rings. The molecule has 0 atom stereocenters. The van der Waals surface area contributed by atoms with E-state index in [-0.39, 0.29) is 11.2 Å². The zero-order chi connectivity index (χ0) is 14.5. The van der Waals surface area contributed by atoms with Gasteiger partial charge in [-0.3, -0.25) is 0 Å². The molecule has 4 heteroatoms. The lowest BCUT2D eigenvalue weighted by molar-refractivity contribution is -0.0498. The Bertz CT molecular complexity index is 374. The van der Waals surface area contributed by atoms with Crippen molar-refractivity contribution in [3.63, 3.8) is 0 Å². The van der Waals surface area contributed by atoms with Gasteiger partial charge in [-0.15, -0.1) is 0 Å². The highest BCUT2D eigenvalue weighted by Crippen LogP contribution is 2.24. The second-order valence-corrected chi connectivity index (χ2v) is 5.77. The third-order valence-electron chi connectivity index (χ3n) is 3.62. The fourth-order valence-electron chi connectivity index (χ4n) is 1.52. The van der Waals surface area contributed by atoms with Gasteiger partial charge in [0.25, 0.3) is 0 Å². The Labute approximate surface area is 114 Å². The van der Waals surface area contributed by atoms with E-state index in [0.717, 1.165) is 18.7 Å². The van der Waals surface area contributed by atoms with Crippen molar-refractivity contribution in [2.24, 2.45) is 11.3 Å². The smallest absolute Gasteiger partial charge is 0.387 e. The first-order valence-electron chi connectivity index (χ1n) is 6.56. The molecule has 0 aromatic heterocycles. The SMILES string of the molecule is CC(C)C(C)(C)CNCc1ccc(OC(F)F)cc1. The van der Waals surface area contributed by atoms with Crippen molar-refractivity contribution in [2.75, 3.05) is 6.54 Å². The van der Waals surface area contributed by atoms with Crippen LogP contribution in [0.15, 0.2) is 24.3 Å². The molecule has 0 saturated carbocycles. The summed E-state index contributed by atoms with van der Waals surface area (Å²) in [4.78, 5) is 0. The van der Waals surface area contributed by atoms with Crippen LogP contribution in [0.3, 0.4) is 0 Å². The van der Waals surface area contributed by atoms with E-state index in [1.165, 1.54) is 0 Å². The minimum atomic E-state index is -2.77. The van der Waals surface area contributed by atoms with Gasteiger partial charge in [-0.2, -0.15) is 8.78 Å². The van der Waals surface area contributed by atoms with Crippen molar-refractivity contribution in [2.45, 2.75) is 40.9 Å². The fraction of sp³-hybridized carbons (Fsp3) is 0.600. The highest BCUT2D eigenvalue weighted by Gasteiger charge is 2.21. The summed E-state index contributed by atoms with van der Waals surface area (Å²) in [5.74, 6) is 0.795. The van der Waals surface area contributed by atoms with Crippen LogP contribution in [0.25, 0.3) is 0 Å². The lowest BCUT2D eigenvalue weighted by Gasteiger charge is -2.29. The molecule has 1 aromatic rings. The molecule has 0 amide bonds.